The van der Waals surface area contributed by atoms with Crippen molar-refractivity contribution < 1.29 is 14.4 Å². The molecular weight excluding hydrogens is 344 g/mol. The van der Waals surface area contributed by atoms with Gasteiger partial charge >= 0.3 is 0 Å². The van der Waals surface area contributed by atoms with Crippen LogP contribution >= 0.6 is 0 Å². The van der Waals surface area contributed by atoms with Gasteiger partial charge in [-0.2, -0.15) is 0 Å². The first-order chi connectivity index (χ1) is 13.0. The first-order valence-corrected chi connectivity index (χ1v) is 8.73. The number of pyridine rings is 1. The van der Waals surface area contributed by atoms with Crippen molar-refractivity contribution in [2.75, 3.05) is 5.32 Å². The molecule has 0 atom stereocenters. The fourth-order valence-electron chi connectivity index (χ4n) is 2.82. The molecule has 4 rings (SSSR count). The van der Waals surface area contributed by atoms with Crippen molar-refractivity contribution in [3.8, 4) is 0 Å². The number of aromatic nitrogens is 2. The highest BCUT2D eigenvalue weighted by atomic mass is 16.2. The Labute approximate surface area is 155 Å². The highest BCUT2D eigenvalue weighted by Crippen LogP contribution is 2.21. The smallest absolute Gasteiger partial charge is 0.292 e. The lowest BCUT2D eigenvalue weighted by molar-refractivity contribution is 0.0947. The van der Waals surface area contributed by atoms with Crippen LogP contribution in [0.15, 0.2) is 48.7 Å². The number of hydrogen-bond acceptors (Lipinski definition) is 4. The van der Waals surface area contributed by atoms with Gasteiger partial charge in [-0.15, -0.1) is 0 Å². The SMILES string of the molecule is CC(=O)c1ccc(NC(=O)c2nc(C(=O)NC3CC3)c3ccccn23)cc1. The minimum absolute atomic E-state index is 0.0431. The van der Waals surface area contributed by atoms with Gasteiger partial charge in [0.25, 0.3) is 11.8 Å². The fraction of sp³-hybridized carbons (Fsp3) is 0.200. The highest BCUT2D eigenvalue weighted by molar-refractivity contribution is 6.06. The van der Waals surface area contributed by atoms with Crippen LogP contribution in [0.5, 0.6) is 0 Å². The van der Waals surface area contributed by atoms with E-state index in [-0.39, 0.29) is 29.3 Å². The van der Waals surface area contributed by atoms with Crippen LogP contribution in [0.1, 0.15) is 51.2 Å². The van der Waals surface area contributed by atoms with Gasteiger partial charge in [0, 0.05) is 23.5 Å². The Balaban J connectivity index is 1.63. The molecule has 0 radical (unpaired) electrons. The number of fused-ring (bicyclic) bond motifs is 1. The van der Waals surface area contributed by atoms with E-state index >= 15 is 0 Å². The van der Waals surface area contributed by atoms with E-state index in [1.165, 1.54) is 6.92 Å². The van der Waals surface area contributed by atoms with Crippen molar-refractivity contribution >= 4 is 28.8 Å². The second kappa shape index (κ2) is 6.68. The summed E-state index contributed by atoms with van der Waals surface area (Å²) in [6.07, 6.45) is 3.65. The van der Waals surface area contributed by atoms with E-state index in [1.54, 1.807) is 53.1 Å². The van der Waals surface area contributed by atoms with Gasteiger partial charge in [-0.25, -0.2) is 4.98 Å². The molecule has 136 valence electrons. The van der Waals surface area contributed by atoms with E-state index in [9.17, 15) is 14.4 Å². The maximum Gasteiger partial charge on any atom is 0.292 e. The van der Waals surface area contributed by atoms with Crippen molar-refractivity contribution in [1.82, 2.24) is 14.7 Å². The molecule has 0 spiro atoms. The molecule has 7 nitrogen and oxygen atoms in total. The maximum atomic E-state index is 12.7. The van der Waals surface area contributed by atoms with Gasteiger partial charge in [-0.1, -0.05) is 6.07 Å². The van der Waals surface area contributed by atoms with Gasteiger partial charge in [0.2, 0.25) is 5.82 Å². The Morgan fingerprint density at radius 2 is 1.78 bits per heavy atom. The molecule has 1 aromatic carbocycles. The van der Waals surface area contributed by atoms with Crippen LogP contribution in [-0.2, 0) is 0 Å². The summed E-state index contributed by atoms with van der Waals surface area (Å²) < 4.78 is 1.60. The van der Waals surface area contributed by atoms with Gasteiger partial charge in [0.1, 0.15) is 0 Å². The highest BCUT2D eigenvalue weighted by Gasteiger charge is 2.27. The second-order valence-electron chi connectivity index (χ2n) is 6.58. The van der Waals surface area contributed by atoms with Crippen LogP contribution < -0.4 is 10.6 Å². The van der Waals surface area contributed by atoms with Crippen molar-refractivity contribution in [2.24, 2.45) is 0 Å². The number of carbonyl (C=O) groups is 3. The molecule has 1 aliphatic rings. The molecule has 1 aliphatic carbocycles. The molecule has 1 fully saturated rings. The zero-order valence-electron chi connectivity index (χ0n) is 14.7. The van der Waals surface area contributed by atoms with E-state index < -0.39 is 5.91 Å². The number of anilines is 1. The lowest BCUT2D eigenvalue weighted by Crippen LogP contribution is -2.26. The zero-order valence-corrected chi connectivity index (χ0v) is 14.7. The average Bonchev–Trinajstić information content (AvgIpc) is 3.38. The summed E-state index contributed by atoms with van der Waals surface area (Å²) in [4.78, 5) is 40.8. The number of nitrogens with zero attached hydrogens (tertiary/aromatic N) is 2. The number of Topliss-reactive ketones (excluding diaryl/α,β-unsaturated/α-hetero) is 1. The molecule has 2 amide bonds. The van der Waals surface area contributed by atoms with Crippen LogP contribution in [0.2, 0.25) is 0 Å². The van der Waals surface area contributed by atoms with Crippen LogP contribution in [0.25, 0.3) is 5.52 Å². The van der Waals surface area contributed by atoms with Gasteiger partial charge in [-0.05, 0) is 56.2 Å². The number of hydrogen-bond donors (Lipinski definition) is 2. The largest absolute Gasteiger partial charge is 0.348 e. The van der Waals surface area contributed by atoms with Crippen molar-refractivity contribution in [3.05, 3.63) is 65.7 Å². The van der Waals surface area contributed by atoms with Crippen molar-refractivity contribution in [2.45, 2.75) is 25.8 Å². The number of benzene rings is 1. The van der Waals surface area contributed by atoms with Gasteiger partial charge in [-0.3, -0.25) is 18.8 Å². The van der Waals surface area contributed by atoms with Crippen LogP contribution in [0.4, 0.5) is 5.69 Å². The minimum atomic E-state index is -0.433. The lowest BCUT2D eigenvalue weighted by atomic mass is 10.1. The first-order valence-electron chi connectivity index (χ1n) is 8.73. The molecule has 2 N–H and O–H groups in total. The third kappa shape index (κ3) is 3.44. The topological polar surface area (TPSA) is 92.6 Å². The summed E-state index contributed by atoms with van der Waals surface area (Å²) in [5.74, 6) is -0.621. The van der Waals surface area contributed by atoms with E-state index in [2.05, 4.69) is 15.6 Å². The Kier molecular flexibility index (Phi) is 4.19. The van der Waals surface area contributed by atoms with Crippen LogP contribution in [0.3, 0.4) is 0 Å². The second-order valence-corrected chi connectivity index (χ2v) is 6.58. The monoisotopic (exact) mass is 362 g/mol. The number of carbonyl (C=O) groups excluding carboxylic acids is 3. The summed E-state index contributed by atoms with van der Waals surface area (Å²) in [6, 6.07) is 12.1. The molecule has 7 heteroatoms. The van der Waals surface area contributed by atoms with Gasteiger partial charge < -0.3 is 10.6 Å². The van der Waals surface area contributed by atoms with E-state index in [0.717, 1.165) is 12.8 Å². The van der Waals surface area contributed by atoms with Crippen LogP contribution in [0, 0.1) is 0 Å². The average molecular weight is 362 g/mol. The predicted octanol–water partition coefficient (Wildman–Crippen LogP) is 2.68. The van der Waals surface area contributed by atoms with Gasteiger partial charge in [0.05, 0.1) is 5.52 Å². The molecule has 0 aliphatic heterocycles. The molecule has 0 saturated heterocycles. The van der Waals surface area contributed by atoms with Crippen LogP contribution in [-0.4, -0.2) is 33.0 Å². The number of ketones is 1. The number of amides is 2. The summed E-state index contributed by atoms with van der Waals surface area (Å²) >= 11 is 0. The van der Waals surface area contributed by atoms with Crippen molar-refractivity contribution in [1.29, 1.82) is 0 Å². The summed E-state index contributed by atoms with van der Waals surface area (Å²) in [7, 11) is 0. The number of imidazole rings is 1. The summed E-state index contributed by atoms with van der Waals surface area (Å²) in [6.45, 7) is 1.48. The van der Waals surface area contributed by atoms with Gasteiger partial charge in [0.15, 0.2) is 11.5 Å². The normalized spacial score (nSPS) is 13.4. The predicted molar refractivity (Wildman–Crippen MR) is 100 cm³/mol. The molecule has 0 unspecified atom stereocenters. The van der Waals surface area contributed by atoms with E-state index in [1.807, 2.05) is 0 Å². The Hall–Kier alpha value is -3.48. The molecule has 2 heterocycles. The molecule has 1 saturated carbocycles. The van der Waals surface area contributed by atoms with E-state index in [0.29, 0.717) is 16.8 Å². The fourth-order valence-corrected chi connectivity index (χ4v) is 2.82. The zero-order chi connectivity index (χ0) is 19.0. The molecule has 2 aromatic heterocycles. The maximum absolute atomic E-state index is 12.7. The molecule has 27 heavy (non-hydrogen) atoms. The molecular formula is C20H18N4O3. The Morgan fingerprint density at radius 3 is 2.44 bits per heavy atom. The quantitative estimate of drug-likeness (QED) is 0.683. The standard InChI is InChI=1S/C20H18N4O3/c1-12(25)13-5-7-14(8-6-13)22-20(27)18-23-17(19(26)21-15-9-10-15)16-4-2-3-11-24(16)18/h2-8,11,15H,9-10H2,1H3,(H,21,26)(H,22,27). The summed E-state index contributed by atoms with van der Waals surface area (Å²) in [5.41, 5.74) is 1.92. The number of nitrogens with one attached hydrogen (secondary N) is 2. The van der Waals surface area contributed by atoms with Crippen molar-refractivity contribution in [3.63, 3.8) is 0 Å². The first kappa shape index (κ1) is 17.0. The Morgan fingerprint density at radius 1 is 1.04 bits per heavy atom. The molecule has 0 bridgehead atoms. The number of rotatable bonds is 5. The summed E-state index contributed by atoms with van der Waals surface area (Å²) in [5, 5.41) is 5.66. The minimum Gasteiger partial charge on any atom is -0.348 e. The van der Waals surface area contributed by atoms with E-state index in [4.69, 9.17) is 0 Å². The lowest BCUT2D eigenvalue weighted by Gasteiger charge is -2.05. The Bertz CT molecular complexity index is 1050. The third-order valence-corrected chi connectivity index (χ3v) is 4.43. The molecule has 3 aromatic rings. The third-order valence-electron chi connectivity index (χ3n) is 4.43.